The van der Waals surface area contributed by atoms with Gasteiger partial charge in [-0.3, -0.25) is 4.79 Å². The molecule has 4 nitrogen and oxygen atoms in total. The van der Waals surface area contributed by atoms with E-state index in [-0.39, 0.29) is 6.04 Å². The molecule has 1 atom stereocenters. The minimum absolute atomic E-state index is 0.342. The molecule has 0 bridgehead atoms. The van der Waals surface area contributed by atoms with Crippen molar-refractivity contribution in [2.75, 3.05) is 14.1 Å². The third-order valence-electron chi connectivity index (χ3n) is 2.56. The van der Waals surface area contributed by atoms with Gasteiger partial charge in [0.2, 0.25) is 0 Å². The van der Waals surface area contributed by atoms with Crippen LogP contribution in [0.2, 0.25) is 5.02 Å². The molecule has 2 rings (SSSR count). The molecule has 0 radical (unpaired) electrons. The number of carbonyl (C=O) groups excluding carboxylic acids is 1. The van der Waals surface area contributed by atoms with Crippen LogP contribution in [0.3, 0.4) is 0 Å². The standard InChI is InChI=1S/C13H13ClN2O2/c1-16(2)13-15-12(10(7-17)8-18-13)9-3-5-11(14)6-4-9/h3-8,12H,1-2H3. The average Bonchev–Trinajstić information content (AvgIpc) is 2.39. The second kappa shape index (κ2) is 5.23. The van der Waals surface area contributed by atoms with Gasteiger partial charge in [0.1, 0.15) is 12.3 Å². The third-order valence-corrected chi connectivity index (χ3v) is 2.81. The summed E-state index contributed by atoms with van der Waals surface area (Å²) in [5.74, 6) is 0. The molecule has 0 fully saturated rings. The van der Waals surface area contributed by atoms with Crippen molar-refractivity contribution in [2.24, 2.45) is 4.99 Å². The van der Waals surface area contributed by atoms with E-state index in [0.29, 0.717) is 16.6 Å². The number of carbonyl (C=O) groups is 1. The van der Waals surface area contributed by atoms with Crippen LogP contribution in [0.4, 0.5) is 0 Å². The van der Waals surface area contributed by atoms with E-state index in [1.807, 2.05) is 26.2 Å². The van der Waals surface area contributed by atoms with Gasteiger partial charge in [0.25, 0.3) is 6.02 Å². The van der Waals surface area contributed by atoms with Crippen molar-refractivity contribution in [3.05, 3.63) is 46.7 Å². The lowest BCUT2D eigenvalue weighted by Crippen LogP contribution is -2.27. The quantitative estimate of drug-likeness (QED) is 0.771. The number of nitrogens with zero attached hydrogens (tertiary/aromatic N) is 2. The van der Waals surface area contributed by atoms with Crippen LogP contribution in [0.15, 0.2) is 41.1 Å². The molecule has 1 aliphatic heterocycles. The van der Waals surface area contributed by atoms with E-state index in [4.69, 9.17) is 16.3 Å². The van der Waals surface area contributed by atoms with Gasteiger partial charge in [-0.2, -0.15) is 0 Å². The summed E-state index contributed by atoms with van der Waals surface area (Å²) >= 11 is 5.85. The van der Waals surface area contributed by atoms with Gasteiger partial charge >= 0.3 is 0 Å². The Hall–Kier alpha value is -1.81. The maximum absolute atomic E-state index is 11.0. The van der Waals surface area contributed by atoms with Crippen molar-refractivity contribution in [1.82, 2.24) is 4.90 Å². The molecule has 0 spiro atoms. The molecule has 5 heteroatoms. The summed E-state index contributed by atoms with van der Waals surface area (Å²) in [7, 11) is 3.66. The van der Waals surface area contributed by atoms with Crippen molar-refractivity contribution in [3.8, 4) is 0 Å². The van der Waals surface area contributed by atoms with Crippen LogP contribution in [0.1, 0.15) is 11.6 Å². The number of rotatable bonds is 2. The molecule has 1 heterocycles. The number of amidine groups is 1. The first-order chi connectivity index (χ1) is 8.61. The Morgan fingerprint density at radius 2 is 2.00 bits per heavy atom. The van der Waals surface area contributed by atoms with Crippen LogP contribution in [-0.4, -0.2) is 31.3 Å². The molecule has 0 saturated carbocycles. The van der Waals surface area contributed by atoms with E-state index in [0.717, 1.165) is 11.8 Å². The van der Waals surface area contributed by atoms with Gasteiger partial charge in [0.15, 0.2) is 6.29 Å². The highest BCUT2D eigenvalue weighted by atomic mass is 35.5. The van der Waals surface area contributed by atoms with Gasteiger partial charge < -0.3 is 9.64 Å². The summed E-state index contributed by atoms with van der Waals surface area (Å²) in [6.45, 7) is 0. The third kappa shape index (κ3) is 2.54. The normalized spacial score (nSPS) is 18.5. The maximum atomic E-state index is 11.0. The van der Waals surface area contributed by atoms with Crippen LogP contribution in [0, 0.1) is 0 Å². The van der Waals surface area contributed by atoms with Gasteiger partial charge in [-0.05, 0) is 17.7 Å². The van der Waals surface area contributed by atoms with Crippen molar-refractivity contribution in [3.63, 3.8) is 0 Å². The number of aliphatic imine (C=N–C) groups is 1. The molecule has 1 aromatic carbocycles. The first kappa shape index (κ1) is 12.6. The molecule has 0 N–H and O–H groups in total. The average molecular weight is 265 g/mol. The molecule has 0 saturated heterocycles. The highest BCUT2D eigenvalue weighted by Gasteiger charge is 2.22. The highest BCUT2D eigenvalue weighted by molar-refractivity contribution is 6.30. The van der Waals surface area contributed by atoms with Gasteiger partial charge in [0.05, 0.1) is 5.57 Å². The smallest absolute Gasteiger partial charge is 0.292 e. The zero-order valence-corrected chi connectivity index (χ0v) is 10.9. The van der Waals surface area contributed by atoms with Crippen LogP contribution in [0.5, 0.6) is 0 Å². The zero-order valence-electron chi connectivity index (χ0n) is 10.1. The molecule has 1 aromatic rings. The molecule has 1 unspecified atom stereocenters. The van der Waals surface area contributed by atoms with E-state index >= 15 is 0 Å². The van der Waals surface area contributed by atoms with Crippen molar-refractivity contribution in [2.45, 2.75) is 6.04 Å². The predicted octanol–water partition coefficient (Wildman–Crippen LogP) is 2.41. The van der Waals surface area contributed by atoms with E-state index in [9.17, 15) is 4.79 Å². The Morgan fingerprint density at radius 3 is 2.56 bits per heavy atom. The lowest BCUT2D eigenvalue weighted by Gasteiger charge is -2.23. The van der Waals surface area contributed by atoms with Crippen LogP contribution in [0.25, 0.3) is 0 Å². The highest BCUT2D eigenvalue weighted by Crippen LogP contribution is 2.29. The summed E-state index contributed by atoms with van der Waals surface area (Å²) < 4.78 is 5.27. The van der Waals surface area contributed by atoms with Crippen LogP contribution in [-0.2, 0) is 9.53 Å². The second-order valence-corrected chi connectivity index (χ2v) is 4.55. The molecule has 0 amide bonds. The van der Waals surface area contributed by atoms with E-state index in [1.165, 1.54) is 6.26 Å². The maximum Gasteiger partial charge on any atom is 0.292 e. The fourth-order valence-corrected chi connectivity index (χ4v) is 1.75. The number of hydrogen-bond acceptors (Lipinski definition) is 4. The Kier molecular flexibility index (Phi) is 3.67. The Bertz CT molecular complexity index is 506. The molecule has 18 heavy (non-hydrogen) atoms. The van der Waals surface area contributed by atoms with Crippen molar-refractivity contribution < 1.29 is 9.53 Å². The van der Waals surface area contributed by atoms with Gasteiger partial charge in [-0.1, -0.05) is 23.7 Å². The molecular formula is C13H13ClN2O2. The van der Waals surface area contributed by atoms with E-state index < -0.39 is 0 Å². The first-order valence-electron chi connectivity index (χ1n) is 5.44. The zero-order chi connectivity index (χ0) is 13.1. The number of hydrogen-bond donors (Lipinski definition) is 0. The van der Waals surface area contributed by atoms with Gasteiger partial charge in [-0.25, -0.2) is 4.99 Å². The van der Waals surface area contributed by atoms with E-state index in [2.05, 4.69) is 4.99 Å². The van der Waals surface area contributed by atoms with Crippen LogP contribution >= 0.6 is 11.6 Å². The first-order valence-corrected chi connectivity index (χ1v) is 5.82. The fourth-order valence-electron chi connectivity index (χ4n) is 1.63. The summed E-state index contributed by atoms with van der Waals surface area (Å²) in [5, 5.41) is 0.652. The van der Waals surface area contributed by atoms with Gasteiger partial charge in [0, 0.05) is 19.1 Å². The number of ether oxygens (including phenoxy) is 1. The Morgan fingerprint density at radius 1 is 1.33 bits per heavy atom. The lowest BCUT2D eigenvalue weighted by atomic mass is 10.0. The topological polar surface area (TPSA) is 41.9 Å². The summed E-state index contributed by atoms with van der Waals surface area (Å²) in [6, 6.07) is 7.39. The monoisotopic (exact) mass is 264 g/mol. The molecular weight excluding hydrogens is 252 g/mol. The lowest BCUT2D eigenvalue weighted by molar-refractivity contribution is -0.105. The fraction of sp³-hybridized carbons (Fsp3) is 0.231. The number of benzene rings is 1. The van der Waals surface area contributed by atoms with E-state index in [1.54, 1.807) is 17.0 Å². The molecule has 94 valence electrons. The number of aldehydes is 1. The predicted molar refractivity (Wildman–Crippen MR) is 70.5 cm³/mol. The molecule has 0 aromatic heterocycles. The van der Waals surface area contributed by atoms with Gasteiger partial charge in [-0.15, -0.1) is 0 Å². The minimum atomic E-state index is -0.342. The molecule has 0 aliphatic carbocycles. The summed E-state index contributed by atoms with van der Waals surface area (Å²) in [6.07, 6.45) is 2.20. The Balaban J connectivity index is 2.37. The van der Waals surface area contributed by atoms with Crippen molar-refractivity contribution in [1.29, 1.82) is 0 Å². The SMILES string of the molecule is CN(C)C1=NC(c2ccc(Cl)cc2)C(C=O)=CO1. The summed E-state index contributed by atoms with van der Waals surface area (Å²) in [4.78, 5) is 17.2. The van der Waals surface area contributed by atoms with Crippen LogP contribution < -0.4 is 0 Å². The minimum Gasteiger partial charge on any atom is -0.433 e. The number of halogens is 1. The second-order valence-electron chi connectivity index (χ2n) is 4.11. The summed E-state index contributed by atoms with van der Waals surface area (Å²) in [5.41, 5.74) is 1.39. The van der Waals surface area contributed by atoms with Crippen molar-refractivity contribution >= 4 is 23.9 Å². The largest absolute Gasteiger partial charge is 0.433 e. The molecule has 1 aliphatic rings. The Labute approximate surface area is 111 Å².